The van der Waals surface area contributed by atoms with Gasteiger partial charge in [-0.15, -0.1) is 0 Å². The fourth-order valence-electron chi connectivity index (χ4n) is 5.12. The second-order valence-electron chi connectivity index (χ2n) is 12.7. The molecule has 0 bridgehead atoms. The predicted octanol–water partition coefficient (Wildman–Crippen LogP) is 4.50. The summed E-state index contributed by atoms with van der Waals surface area (Å²) >= 11 is 0. The number of amides is 2. The van der Waals surface area contributed by atoms with E-state index in [9.17, 15) is 9.59 Å². The Hall–Kier alpha value is -4.64. The average molecular weight is 615 g/mol. The first-order valence-electron chi connectivity index (χ1n) is 15.0. The van der Waals surface area contributed by atoms with E-state index >= 15 is 0 Å². The maximum Gasteiger partial charge on any atom is 0.247 e. The fraction of sp³-hybridized carbons (Fsp3) is 0.412. The number of methoxy groups -OCH3 is 1. The van der Waals surface area contributed by atoms with Crippen molar-refractivity contribution in [2.45, 2.75) is 39.8 Å². The highest BCUT2D eigenvalue weighted by Gasteiger charge is 2.34. The monoisotopic (exact) mass is 614 g/mol. The third-order valence-corrected chi connectivity index (χ3v) is 7.77. The number of benzene rings is 2. The van der Waals surface area contributed by atoms with Crippen molar-refractivity contribution >= 4 is 51.5 Å². The van der Waals surface area contributed by atoms with Crippen molar-refractivity contribution in [3.8, 4) is 5.75 Å². The number of rotatable bonds is 10. The van der Waals surface area contributed by atoms with Crippen LogP contribution in [-0.2, 0) is 16.6 Å². The van der Waals surface area contributed by atoms with E-state index in [1.54, 1.807) is 7.11 Å². The molecule has 1 aliphatic rings. The van der Waals surface area contributed by atoms with E-state index in [1.165, 1.54) is 6.08 Å². The number of nitrogens with one attached hydrogen (secondary N) is 3. The minimum atomic E-state index is -0.590. The minimum Gasteiger partial charge on any atom is -0.494 e. The lowest BCUT2D eigenvalue weighted by Crippen LogP contribution is -2.52. The first-order chi connectivity index (χ1) is 21.2. The van der Waals surface area contributed by atoms with Crippen molar-refractivity contribution in [3.63, 3.8) is 0 Å². The number of guanidine groups is 1. The van der Waals surface area contributed by atoms with Gasteiger partial charge in [0.15, 0.2) is 0 Å². The van der Waals surface area contributed by atoms with Gasteiger partial charge in [0, 0.05) is 61.3 Å². The van der Waals surface area contributed by atoms with Crippen molar-refractivity contribution in [2.24, 2.45) is 22.4 Å². The van der Waals surface area contributed by atoms with Gasteiger partial charge in [0.25, 0.3) is 0 Å². The summed E-state index contributed by atoms with van der Waals surface area (Å²) in [5.41, 5.74) is 4.03. The highest BCUT2D eigenvalue weighted by atomic mass is 16.5. The summed E-state index contributed by atoms with van der Waals surface area (Å²) in [4.78, 5) is 39.7. The minimum absolute atomic E-state index is 0.0860. The van der Waals surface area contributed by atoms with Crippen LogP contribution in [0.3, 0.4) is 0 Å². The zero-order valence-corrected chi connectivity index (χ0v) is 27.9. The Labute approximate surface area is 266 Å². The normalized spacial score (nSPS) is 16.6. The van der Waals surface area contributed by atoms with Gasteiger partial charge < -0.3 is 35.1 Å². The number of hydrogen-bond acceptors (Lipinski definition) is 8. The lowest BCUT2D eigenvalue weighted by Gasteiger charge is -2.31. The number of aromatic nitrogens is 1. The topological polar surface area (TPSA) is 116 Å². The van der Waals surface area contributed by atoms with Crippen LogP contribution in [0.2, 0.25) is 0 Å². The number of para-hydroxylation sites is 1. The Morgan fingerprint density at radius 3 is 2.47 bits per heavy atom. The Bertz CT molecular complexity index is 1650. The van der Waals surface area contributed by atoms with Crippen LogP contribution < -0.4 is 25.6 Å². The molecule has 0 radical (unpaired) electrons. The quantitative estimate of drug-likeness (QED) is 0.290. The lowest BCUT2D eigenvalue weighted by atomic mass is 9.92. The van der Waals surface area contributed by atoms with Gasteiger partial charge >= 0.3 is 0 Å². The van der Waals surface area contributed by atoms with Crippen LogP contribution in [0.1, 0.15) is 33.3 Å². The van der Waals surface area contributed by atoms with E-state index in [-0.39, 0.29) is 17.9 Å². The number of aryl methyl sites for hydroxylation is 1. The van der Waals surface area contributed by atoms with Gasteiger partial charge in [0.1, 0.15) is 5.75 Å². The number of carbonyl (C=O) groups excluding carboxylic acids is 2. The molecule has 11 nitrogen and oxygen atoms in total. The van der Waals surface area contributed by atoms with Crippen LogP contribution in [0.4, 0.5) is 17.1 Å². The zero-order valence-electron chi connectivity index (χ0n) is 27.9. The smallest absolute Gasteiger partial charge is 0.247 e. The SMILES string of the molecule is C=CC(=O)Nc1cc(NC2=NC(C)C(NC(=O)C(C)(C)C)C(c3cn(C)c4ccccc34)=N2)c(OC)cc1N(C)CCN(C)C. The van der Waals surface area contributed by atoms with Crippen molar-refractivity contribution in [1.29, 1.82) is 0 Å². The number of aliphatic imine (C=N–C) groups is 2. The molecule has 0 aliphatic carbocycles. The second-order valence-corrected chi connectivity index (χ2v) is 12.7. The van der Waals surface area contributed by atoms with Crippen LogP contribution >= 0.6 is 0 Å². The summed E-state index contributed by atoms with van der Waals surface area (Å²) < 4.78 is 7.86. The first-order valence-corrected chi connectivity index (χ1v) is 15.0. The average Bonchev–Trinajstić information content (AvgIpc) is 3.32. The molecular formula is C34H46N8O3. The van der Waals surface area contributed by atoms with E-state index in [1.807, 2.05) is 86.3 Å². The summed E-state index contributed by atoms with van der Waals surface area (Å²) in [6, 6.07) is 11.0. The molecule has 2 atom stereocenters. The maximum atomic E-state index is 13.2. The third kappa shape index (κ3) is 7.54. The number of likely N-dealkylation sites (N-methyl/N-ethyl adjacent to an activating group) is 2. The van der Waals surface area contributed by atoms with E-state index in [0.29, 0.717) is 28.8 Å². The number of hydrogen-bond donors (Lipinski definition) is 3. The Morgan fingerprint density at radius 2 is 1.82 bits per heavy atom. The van der Waals surface area contributed by atoms with E-state index in [4.69, 9.17) is 14.7 Å². The van der Waals surface area contributed by atoms with Gasteiger partial charge in [0.05, 0.1) is 42.0 Å². The van der Waals surface area contributed by atoms with Crippen LogP contribution in [0.5, 0.6) is 5.75 Å². The molecule has 2 heterocycles. The highest BCUT2D eigenvalue weighted by Crippen LogP contribution is 2.37. The molecule has 2 unspecified atom stereocenters. The van der Waals surface area contributed by atoms with Crippen molar-refractivity contribution in [3.05, 3.63) is 60.8 Å². The zero-order chi connectivity index (χ0) is 33.1. The number of carbonyl (C=O) groups is 2. The number of nitrogens with zero attached hydrogens (tertiary/aromatic N) is 5. The van der Waals surface area contributed by atoms with Gasteiger partial charge in [-0.05, 0) is 39.2 Å². The molecule has 1 aromatic heterocycles. The summed E-state index contributed by atoms with van der Waals surface area (Å²) in [5, 5.41) is 10.5. The van der Waals surface area contributed by atoms with Crippen LogP contribution in [0.15, 0.2) is 65.2 Å². The predicted molar refractivity (Wildman–Crippen MR) is 185 cm³/mol. The highest BCUT2D eigenvalue weighted by molar-refractivity contribution is 6.20. The standard InChI is InChI=1S/C34H46N8O3/c1-11-29(43)36-24-18-25(28(45-10)19-27(24)41(8)17-16-40(6)7)37-33-35-21(2)30(38-32(44)34(3,4)5)31(39-33)23-20-42(9)26-15-13-12-14-22(23)26/h11-15,18-21,30H,1,16-17H2,2-10H3,(H,35,37)(H,36,43)(H,38,44). The summed E-state index contributed by atoms with van der Waals surface area (Å²) in [5.74, 6) is 0.501. The van der Waals surface area contributed by atoms with Gasteiger partial charge in [-0.2, -0.15) is 0 Å². The second kappa shape index (κ2) is 13.6. The fourth-order valence-corrected chi connectivity index (χ4v) is 5.12. The number of anilines is 3. The Kier molecular flexibility index (Phi) is 10.0. The van der Waals surface area contributed by atoms with Crippen molar-refractivity contribution < 1.29 is 14.3 Å². The van der Waals surface area contributed by atoms with E-state index < -0.39 is 11.5 Å². The summed E-state index contributed by atoms with van der Waals surface area (Å²) in [7, 11) is 9.59. The molecule has 240 valence electrons. The molecule has 0 fully saturated rings. The summed E-state index contributed by atoms with van der Waals surface area (Å²) in [6.07, 6.45) is 3.28. The molecule has 11 heteroatoms. The van der Waals surface area contributed by atoms with Gasteiger partial charge in [-0.1, -0.05) is 45.5 Å². The van der Waals surface area contributed by atoms with Gasteiger partial charge in [0.2, 0.25) is 17.8 Å². The lowest BCUT2D eigenvalue weighted by molar-refractivity contribution is -0.128. The van der Waals surface area contributed by atoms with Crippen molar-refractivity contribution in [2.75, 3.05) is 56.9 Å². The first kappa shape index (κ1) is 33.3. The molecule has 2 amide bonds. The molecule has 3 N–H and O–H groups in total. The molecule has 0 spiro atoms. The molecule has 4 rings (SSSR count). The number of fused-ring (bicyclic) bond motifs is 1. The molecule has 3 aromatic rings. The molecular weight excluding hydrogens is 568 g/mol. The molecule has 45 heavy (non-hydrogen) atoms. The van der Waals surface area contributed by atoms with Crippen LogP contribution in [0.25, 0.3) is 10.9 Å². The van der Waals surface area contributed by atoms with E-state index in [0.717, 1.165) is 35.2 Å². The molecule has 1 aliphatic heterocycles. The molecule has 0 saturated heterocycles. The van der Waals surface area contributed by atoms with Crippen molar-refractivity contribution in [1.82, 2.24) is 14.8 Å². The molecule has 0 saturated carbocycles. The number of ether oxygens (including phenoxy) is 1. The van der Waals surface area contributed by atoms with Crippen LogP contribution in [0, 0.1) is 5.41 Å². The van der Waals surface area contributed by atoms with Gasteiger partial charge in [-0.3, -0.25) is 9.59 Å². The van der Waals surface area contributed by atoms with Gasteiger partial charge in [-0.25, -0.2) is 9.98 Å². The Morgan fingerprint density at radius 1 is 1.11 bits per heavy atom. The third-order valence-electron chi connectivity index (χ3n) is 7.77. The van der Waals surface area contributed by atoms with E-state index in [2.05, 4.69) is 49.0 Å². The maximum absolute atomic E-state index is 13.2. The van der Waals surface area contributed by atoms with Crippen LogP contribution in [-0.4, -0.2) is 86.4 Å². The summed E-state index contributed by atoms with van der Waals surface area (Å²) in [6.45, 7) is 12.8. The molecule has 2 aromatic carbocycles. The largest absolute Gasteiger partial charge is 0.494 e. The Balaban J connectivity index is 1.80.